The molecule has 2 amide bonds. The fraction of sp³-hybridized carbons (Fsp3) is 0.500. The molecule has 1 heterocycles. The number of urea groups is 1. The number of rotatable bonds is 2. The van der Waals surface area contributed by atoms with Gasteiger partial charge in [-0.3, -0.25) is 0 Å². The van der Waals surface area contributed by atoms with E-state index >= 15 is 0 Å². The smallest absolute Gasteiger partial charge is 0.335 e. The molecule has 0 atom stereocenters. The van der Waals surface area contributed by atoms with E-state index in [1.807, 2.05) is 6.07 Å². The van der Waals surface area contributed by atoms with Gasteiger partial charge in [0.25, 0.3) is 0 Å². The van der Waals surface area contributed by atoms with Gasteiger partial charge in [0.05, 0.1) is 5.56 Å². The number of carbonyl (C=O) groups is 2. The summed E-state index contributed by atoms with van der Waals surface area (Å²) in [6, 6.07) is 5.45. The van der Waals surface area contributed by atoms with Gasteiger partial charge in [-0.1, -0.05) is 13.0 Å². The van der Waals surface area contributed by atoms with E-state index in [2.05, 4.69) is 12.2 Å². The molecule has 1 aliphatic carbocycles. The average Bonchev–Trinajstić information content (AvgIpc) is 2.44. The van der Waals surface area contributed by atoms with Crippen LogP contribution in [0.1, 0.15) is 41.3 Å². The second kappa shape index (κ2) is 5.39. The molecule has 0 saturated heterocycles. The minimum atomic E-state index is -0.928. The molecule has 2 N–H and O–H groups in total. The lowest BCUT2D eigenvalue weighted by Gasteiger charge is -2.36. The van der Waals surface area contributed by atoms with Gasteiger partial charge in [-0.25, -0.2) is 9.59 Å². The largest absolute Gasteiger partial charge is 0.478 e. The zero-order valence-corrected chi connectivity index (χ0v) is 12.1. The molecule has 0 unspecified atom stereocenters. The Kier molecular flexibility index (Phi) is 3.57. The van der Waals surface area contributed by atoms with Crippen LogP contribution in [0.4, 0.5) is 4.79 Å². The zero-order chi connectivity index (χ0) is 15.0. The van der Waals surface area contributed by atoms with E-state index in [0.29, 0.717) is 25.0 Å². The summed E-state index contributed by atoms with van der Waals surface area (Å²) in [5, 5.41) is 12.1. The van der Waals surface area contributed by atoms with Gasteiger partial charge < -0.3 is 15.3 Å². The molecule has 0 spiro atoms. The monoisotopic (exact) mass is 288 g/mol. The topological polar surface area (TPSA) is 69.6 Å². The first-order chi connectivity index (χ1) is 10.0. The number of hydrogen-bond donors (Lipinski definition) is 2. The predicted octanol–water partition coefficient (Wildman–Crippen LogP) is 2.25. The molecule has 1 aromatic carbocycles. The quantitative estimate of drug-likeness (QED) is 0.877. The normalized spacial score (nSPS) is 24.0. The molecule has 21 heavy (non-hydrogen) atoms. The lowest BCUT2D eigenvalue weighted by atomic mass is 9.82. The SMILES string of the molecule is CC1CC(NC(=O)N2CCc3ccc(C(=O)O)cc3C2)C1. The maximum absolute atomic E-state index is 12.2. The molecule has 3 rings (SSSR count). The molecule has 5 heteroatoms. The van der Waals surface area contributed by atoms with Crippen LogP contribution < -0.4 is 5.32 Å². The van der Waals surface area contributed by atoms with E-state index in [1.165, 1.54) is 0 Å². The van der Waals surface area contributed by atoms with E-state index in [-0.39, 0.29) is 11.6 Å². The average molecular weight is 288 g/mol. The van der Waals surface area contributed by atoms with Crippen LogP contribution in [0, 0.1) is 5.92 Å². The third-order valence-corrected chi connectivity index (χ3v) is 4.45. The van der Waals surface area contributed by atoms with Gasteiger partial charge in [0.1, 0.15) is 0 Å². The first kappa shape index (κ1) is 13.9. The molecule has 0 bridgehead atoms. The molecule has 0 radical (unpaired) electrons. The van der Waals surface area contributed by atoms with Crippen LogP contribution in [-0.2, 0) is 13.0 Å². The summed E-state index contributed by atoms with van der Waals surface area (Å²) in [6.45, 7) is 3.37. The van der Waals surface area contributed by atoms with Crippen LogP contribution in [0.2, 0.25) is 0 Å². The van der Waals surface area contributed by atoms with E-state index in [4.69, 9.17) is 5.11 Å². The van der Waals surface area contributed by atoms with Crippen molar-refractivity contribution in [1.82, 2.24) is 10.2 Å². The van der Waals surface area contributed by atoms with Gasteiger partial charge in [-0.15, -0.1) is 0 Å². The van der Waals surface area contributed by atoms with E-state index < -0.39 is 5.97 Å². The maximum Gasteiger partial charge on any atom is 0.335 e. The highest BCUT2D eigenvalue weighted by Crippen LogP contribution is 2.27. The number of carbonyl (C=O) groups excluding carboxylic acids is 1. The van der Waals surface area contributed by atoms with Crippen LogP contribution in [0.25, 0.3) is 0 Å². The summed E-state index contributed by atoms with van der Waals surface area (Å²) in [5.74, 6) is -0.224. The fourth-order valence-electron chi connectivity index (χ4n) is 3.15. The van der Waals surface area contributed by atoms with Crippen molar-refractivity contribution in [2.75, 3.05) is 6.54 Å². The fourth-order valence-corrected chi connectivity index (χ4v) is 3.15. The highest BCUT2D eigenvalue weighted by molar-refractivity contribution is 5.88. The molecule has 1 fully saturated rings. The number of benzene rings is 1. The molecular formula is C16H20N2O3. The summed E-state index contributed by atoms with van der Waals surface area (Å²) in [7, 11) is 0. The van der Waals surface area contributed by atoms with Gasteiger partial charge in [0.15, 0.2) is 0 Å². The Bertz CT molecular complexity index is 579. The van der Waals surface area contributed by atoms with Gasteiger partial charge in [0.2, 0.25) is 0 Å². The van der Waals surface area contributed by atoms with Crippen molar-refractivity contribution in [3.8, 4) is 0 Å². The summed E-state index contributed by atoms with van der Waals surface area (Å²) < 4.78 is 0. The van der Waals surface area contributed by atoms with Gasteiger partial charge >= 0.3 is 12.0 Å². The first-order valence-electron chi connectivity index (χ1n) is 7.43. The predicted molar refractivity (Wildman–Crippen MR) is 78.2 cm³/mol. The molecule has 1 aliphatic heterocycles. The van der Waals surface area contributed by atoms with Gasteiger partial charge in [0, 0.05) is 19.1 Å². The second-order valence-corrected chi connectivity index (χ2v) is 6.18. The lowest BCUT2D eigenvalue weighted by molar-refractivity contribution is 0.0696. The summed E-state index contributed by atoms with van der Waals surface area (Å²) in [6.07, 6.45) is 2.89. The van der Waals surface area contributed by atoms with Crippen LogP contribution in [0.3, 0.4) is 0 Å². The van der Waals surface area contributed by atoms with Crippen molar-refractivity contribution in [1.29, 1.82) is 0 Å². The molecule has 1 aromatic rings. The Morgan fingerprint density at radius 1 is 1.29 bits per heavy atom. The number of carboxylic acids is 1. The Morgan fingerprint density at radius 2 is 2.05 bits per heavy atom. The first-order valence-corrected chi connectivity index (χ1v) is 7.43. The molecule has 5 nitrogen and oxygen atoms in total. The molecule has 112 valence electrons. The van der Waals surface area contributed by atoms with Gasteiger partial charge in [-0.2, -0.15) is 0 Å². The number of carboxylic acid groups (broad SMARTS) is 1. The highest BCUT2D eigenvalue weighted by atomic mass is 16.4. The Balaban J connectivity index is 1.66. The maximum atomic E-state index is 12.2. The number of amides is 2. The summed E-state index contributed by atoms with van der Waals surface area (Å²) in [4.78, 5) is 25.0. The number of fused-ring (bicyclic) bond motifs is 1. The number of aromatic carboxylic acids is 1. The van der Waals surface area contributed by atoms with Crippen LogP contribution >= 0.6 is 0 Å². The van der Waals surface area contributed by atoms with Crippen LogP contribution in [0.15, 0.2) is 18.2 Å². The minimum absolute atomic E-state index is 0.0294. The number of nitrogens with one attached hydrogen (secondary N) is 1. The summed E-state index contributed by atoms with van der Waals surface area (Å²) >= 11 is 0. The van der Waals surface area contributed by atoms with Gasteiger partial charge in [-0.05, 0) is 48.4 Å². The lowest BCUT2D eigenvalue weighted by Crippen LogP contribution is -2.50. The Labute approximate surface area is 123 Å². The van der Waals surface area contributed by atoms with Crippen molar-refractivity contribution < 1.29 is 14.7 Å². The van der Waals surface area contributed by atoms with E-state index in [0.717, 1.165) is 30.4 Å². The number of nitrogens with zero attached hydrogens (tertiary/aromatic N) is 1. The minimum Gasteiger partial charge on any atom is -0.478 e. The standard InChI is InChI=1S/C16H20N2O3/c1-10-6-14(7-10)17-16(21)18-5-4-11-2-3-12(15(19)20)8-13(11)9-18/h2-3,8,10,14H,4-7,9H2,1H3,(H,17,21)(H,19,20). The van der Waals surface area contributed by atoms with Crippen molar-refractivity contribution in [3.63, 3.8) is 0 Å². The second-order valence-electron chi connectivity index (χ2n) is 6.18. The molecule has 1 saturated carbocycles. The van der Waals surface area contributed by atoms with Crippen molar-refractivity contribution >= 4 is 12.0 Å². The Hall–Kier alpha value is -2.04. The molecule has 0 aromatic heterocycles. The number of hydrogen-bond acceptors (Lipinski definition) is 2. The van der Waals surface area contributed by atoms with Crippen molar-refractivity contribution in [2.24, 2.45) is 5.92 Å². The third kappa shape index (κ3) is 2.86. The van der Waals surface area contributed by atoms with Crippen LogP contribution in [0.5, 0.6) is 0 Å². The Morgan fingerprint density at radius 3 is 2.71 bits per heavy atom. The van der Waals surface area contributed by atoms with E-state index in [1.54, 1.807) is 17.0 Å². The zero-order valence-electron chi connectivity index (χ0n) is 12.1. The molecule has 2 aliphatic rings. The van der Waals surface area contributed by atoms with Crippen LogP contribution in [-0.4, -0.2) is 34.6 Å². The third-order valence-electron chi connectivity index (χ3n) is 4.45. The van der Waals surface area contributed by atoms with E-state index in [9.17, 15) is 9.59 Å². The highest BCUT2D eigenvalue weighted by Gasteiger charge is 2.29. The molecular weight excluding hydrogens is 268 g/mol. The summed E-state index contributed by atoms with van der Waals surface area (Å²) in [5.41, 5.74) is 2.36. The van der Waals surface area contributed by atoms with Crippen molar-refractivity contribution in [3.05, 3.63) is 34.9 Å². The van der Waals surface area contributed by atoms with Crippen molar-refractivity contribution in [2.45, 2.75) is 38.8 Å².